The molecule has 0 amide bonds. The van der Waals surface area contributed by atoms with E-state index in [1.54, 1.807) is 43.3 Å². The van der Waals surface area contributed by atoms with Gasteiger partial charge in [-0.25, -0.2) is 0 Å². The molecule has 0 saturated heterocycles. The third kappa shape index (κ3) is 8.54. The normalized spacial score (nSPS) is 11.4. The van der Waals surface area contributed by atoms with Gasteiger partial charge in [0, 0.05) is 5.56 Å². The standard InChI is InChI=1S/C29H34O10S2/c1-8-36-28-23(20-9-12-22(13-10-20)38-40(6,30)31)18-26(35-5)27(29(28)39-41(7,32)33)21-11-14-24(25(17-21)34-4)37-16-15-19(2)3/h9-15,17-18H,8,16H2,1-7H3. The predicted octanol–water partition coefficient (Wildman–Crippen LogP) is 5.46. The molecule has 0 atom stereocenters. The first-order valence-corrected chi connectivity index (χ1v) is 16.1. The summed E-state index contributed by atoms with van der Waals surface area (Å²) in [6.45, 7) is 6.23. The number of hydrogen-bond acceptors (Lipinski definition) is 10. The molecular weight excluding hydrogens is 572 g/mol. The van der Waals surface area contributed by atoms with Crippen molar-refractivity contribution in [2.45, 2.75) is 20.8 Å². The summed E-state index contributed by atoms with van der Waals surface area (Å²) in [6, 6.07) is 13.0. The number of allylic oxidation sites excluding steroid dienone is 1. The fourth-order valence-electron chi connectivity index (χ4n) is 3.89. The zero-order valence-corrected chi connectivity index (χ0v) is 25.6. The van der Waals surface area contributed by atoms with Crippen molar-refractivity contribution >= 4 is 20.2 Å². The summed E-state index contributed by atoms with van der Waals surface area (Å²) in [5.74, 6) is 1.38. The molecule has 3 aromatic rings. The van der Waals surface area contributed by atoms with Gasteiger partial charge in [-0.15, -0.1) is 0 Å². The molecule has 0 aromatic heterocycles. The van der Waals surface area contributed by atoms with Crippen LogP contribution in [0.5, 0.6) is 34.5 Å². The van der Waals surface area contributed by atoms with Crippen LogP contribution in [-0.2, 0) is 20.2 Å². The molecule has 0 N–H and O–H groups in total. The highest BCUT2D eigenvalue weighted by molar-refractivity contribution is 7.86. The minimum Gasteiger partial charge on any atom is -0.496 e. The van der Waals surface area contributed by atoms with Gasteiger partial charge in [-0.3, -0.25) is 0 Å². The van der Waals surface area contributed by atoms with Gasteiger partial charge in [-0.05, 0) is 68.3 Å². The van der Waals surface area contributed by atoms with Crippen molar-refractivity contribution in [2.24, 2.45) is 0 Å². The van der Waals surface area contributed by atoms with Crippen LogP contribution in [0.2, 0.25) is 0 Å². The Bertz CT molecular complexity index is 1620. The van der Waals surface area contributed by atoms with Crippen LogP contribution in [0.3, 0.4) is 0 Å². The molecule has 41 heavy (non-hydrogen) atoms. The molecular formula is C29H34O10S2. The van der Waals surface area contributed by atoms with E-state index in [1.165, 1.54) is 26.4 Å². The predicted molar refractivity (Wildman–Crippen MR) is 157 cm³/mol. The Balaban J connectivity index is 2.27. The highest BCUT2D eigenvalue weighted by Gasteiger charge is 2.27. The van der Waals surface area contributed by atoms with Gasteiger partial charge >= 0.3 is 20.2 Å². The Kier molecular flexibility index (Phi) is 10.2. The van der Waals surface area contributed by atoms with E-state index < -0.39 is 20.2 Å². The molecule has 3 aromatic carbocycles. The van der Waals surface area contributed by atoms with E-state index >= 15 is 0 Å². The van der Waals surface area contributed by atoms with Gasteiger partial charge in [0.2, 0.25) is 0 Å². The van der Waals surface area contributed by atoms with Gasteiger partial charge < -0.3 is 27.3 Å². The first kappa shape index (κ1) is 31.6. The molecule has 0 saturated carbocycles. The Labute approximate surface area is 241 Å². The SMILES string of the molecule is CCOc1c(-c2ccc(OS(C)(=O)=O)cc2)cc(OC)c(-c2ccc(OCC=C(C)C)c(OC)c2)c1OS(C)(=O)=O. The van der Waals surface area contributed by atoms with E-state index in [-0.39, 0.29) is 23.9 Å². The molecule has 0 heterocycles. The second kappa shape index (κ2) is 13.2. The Hall–Kier alpha value is -3.90. The Morgan fingerprint density at radius 3 is 1.88 bits per heavy atom. The zero-order valence-electron chi connectivity index (χ0n) is 24.0. The van der Waals surface area contributed by atoms with Gasteiger partial charge in [0.05, 0.1) is 38.9 Å². The van der Waals surface area contributed by atoms with Crippen LogP contribution in [0.4, 0.5) is 0 Å². The summed E-state index contributed by atoms with van der Waals surface area (Å²) in [5.41, 5.74) is 2.96. The van der Waals surface area contributed by atoms with E-state index in [0.29, 0.717) is 46.1 Å². The summed E-state index contributed by atoms with van der Waals surface area (Å²) in [4.78, 5) is 0. The number of rotatable bonds is 13. The molecule has 3 rings (SSSR count). The van der Waals surface area contributed by atoms with Crippen LogP contribution in [0, 0.1) is 0 Å². The highest BCUT2D eigenvalue weighted by Crippen LogP contribution is 2.52. The smallest absolute Gasteiger partial charge is 0.306 e. The van der Waals surface area contributed by atoms with Gasteiger partial charge in [0.25, 0.3) is 0 Å². The van der Waals surface area contributed by atoms with Gasteiger partial charge in [-0.1, -0.05) is 23.8 Å². The van der Waals surface area contributed by atoms with Crippen LogP contribution in [-0.4, -0.2) is 56.8 Å². The summed E-state index contributed by atoms with van der Waals surface area (Å²) < 4.78 is 81.6. The average Bonchev–Trinajstić information content (AvgIpc) is 2.88. The maximum atomic E-state index is 12.5. The second-order valence-corrected chi connectivity index (χ2v) is 12.3. The lowest BCUT2D eigenvalue weighted by Crippen LogP contribution is -2.10. The van der Waals surface area contributed by atoms with Crippen LogP contribution >= 0.6 is 0 Å². The van der Waals surface area contributed by atoms with Gasteiger partial charge in [0.15, 0.2) is 23.0 Å². The number of ether oxygens (including phenoxy) is 4. The maximum absolute atomic E-state index is 12.5. The quantitative estimate of drug-likeness (QED) is 0.183. The van der Waals surface area contributed by atoms with Crippen molar-refractivity contribution in [1.82, 2.24) is 0 Å². The van der Waals surface area contributed by atoms with E-state index in [2.05, 4.69) is 0 Å². The van der Waals surface area contributed by atoms with Gasteiger partial charge in [-0.2, -0.15) is 16.8 Å². The second-order valence-electron chi connectivity index (χ2n) is 9.15. The summed E-state index contributed by atoms with van der Waals surface area (Å²) in [5, 5.41) is 0. The van der Waals surface area contributed by atoms with Gasteiger partial charge in [0.1, 0.15) is 18.1 Å². The van der Waals surface area contributed by atoms with Crippen LogP contribution in [0.1, 0.15) is 20.8 Å². The molecule has 222 valence electrons. The molecule has 0 aliphatic heterocycles. The monoisotopic (exact) mass is 606 g/mol. The largest absolute Gasteiger partial charge is 0.496 e. The zero-order chi connectivity index (χ0) is 30.4. The minimum atomic E-state index is -4.03. The van der Waals surface area contributed by atoms with Crippen molar-refractivity contribution in [3.05, 3.63) is 60.2 Å². The molecule has 0 aliphatic rings. The molecule has 12 heteroatoms. The van der Waals surface area contributed by atoms with E-state index in [1.807, 2.05) is 19.9 Å². The summed E-state index contributed by atoms with van der Waals surface area (Å²) in [7, 11) is -4.79. The minimum absolute atomic E-state index is 0.0829. The van der Waals surface area contributed by atoms with E-state index in [0.717, 1.165) is 18.1 Å². The lowest BCUT2D eigenvalue weighted by Gasteiger charge is -2.22. The number of hydrogen-bond donors (Lipinski definition) is 0. The van der Waals surface area contributed by atoms with Crippen LogP contribution < -0.4 is 27.3 Å². The fraction of sp³-hybridized carbons (Fsp3) is 0.310. The molecule has 0 bridgehead atoms. The number of methoxy groups -OCH3 is 2. The Morgan fingerprint density at radius 2 is 1.34 bits per heavy atom. The first-order chi connectivity index (χ1) is 19.3. The number of benzene rings is 3. The Morgan fingerprint density at radius 1 is 0.732 bits per heavy atom. The summed E-state index contributed by atoms with van der Waals surface area (Å²) >= 11 is 0. The lowest BCUT2D eigenvalue weighted by molar-refractivity contribution is 0.325. The topological polar surface area (TPSA) is 124 Å². The van der Waals surface area contributed by atoms with Crippen molar-refractivity contribution in [1.29, 1.82) is 0 Å². The average molecular weight is 607 g/mol. The van der Waals surface area contributed by atoms with Crippen LogP contribution in [0.15, 0.2) is 60.2 Å². The third-order valence-corrected chi connectivity index (χ3v) is 6.50. The molecule has 10 nitrogen and oxygen atoms in total. The van der Waals surface area contributed by atoms with Crippen LogP contribution in [0.25, 0.3) is 22.3 Å². The fourth-order valence-corrected chi connectivity index (χ4v) is 4.81. The first-order valence-electron chi connectivity index (χ1n) is 12.5. The van der Waals surface area contributed by atoms with Crippen molar-refractivity contribution < 1.29 is 44.1 Å². The highest BCUT2D eigenvalue weighted by atomic mass is 32.2. The maximum Gasteiger partial charge on any atom is 0.306 e. The van der Waals surface area contributed by atoms with Crippen molar-refractivity contribution in [3.63, 3.8) is 0 Å². The lowest BCUT2D eigenvalue weighted by atomic mass is 9.96. The molecule has 0 aliphatic carbocycles. The molecule has 0 unspecified atom stereocenters. The van der Waals surface area contributed by atoms with Crippen molar-refractivity contribution in [2.75, 3.05) is 39.9 Å². The van der Waals surface area contributed by atoms with E-state index in [9.17, 15) is 16.8 Å². The molecule has 0 fully saturated rings. The van der Waals surface area contributed by atoms with E-state index in [4.69, 9.17) is 27.3 Å². The summed E-state index contributed by atoms with van der Waals surface area (Å²) in [6.07, 6.45) is 3.81. The third-order valence-electron chi connectivity index (χ3n) is 5.54. The van der Waals surface area contributed by atoms with Crippen molar-refractivity contribution in [3.8, 4) is 56.8 Å². The molecule has 0 radical (unpaired) electrons. The molecule has 0 spiro atoms.